The molecule has 1 aliphatic rings. The third kappa shape index (κ3) is 2.67. The monoisotopic (exact) mass is 350 g/mol. The number of para-hydroxylation sites is 1. The van der Waals surface area contributed by atoms with E-state index in [0.29, 0.717) is 17.5 Å². The molecule has 0 saturated carbocycles. The Morgan fingerprint density at radius 3 is 2.68 bits per heavy atom. The zero-order valence-electron chi connectivity index (χ0n) is 14.5. The lowest BCUT2D eigenvalue weighted by molar-refractivity contribution is 0.861. The van der Waals surface area contributed by atoms with Crippen molar-refractivity contribution >= 4 is 17.3 Å². The maximum atomic E-state index is 6.57. The molecule has 0 bridgehead atoms. The number of rotatable bonds is 2. The van der Waals surface area contributed by atoms with Crippen molar-refractivity contribution in [3.63, 3.8) is 0 Å². The summed E-state index contributed by atoms with van der Waals surface area (Å²) >= 11 is 6.57. The van der Waals surface area contributed by atoms with E-state index in [2.05, 4.69) is 54.4 Å². The molecule has 25 heavy (non-hydrogen) atoms. The normalized spacial score (nSPS) is 13.2. The molecule has 1 aromatic heterocycles. The Balaban J connectivity index is 1.96. The SMILES string of the molecule is Cc1nnc2n1-c1c(Cl)cccc1C(c1cccc(C(C)C)c1)=NC2. The van der Waals surface area contributed by atoms with Crippen LogP contribution in [-0.4, -0.2) is 20.5 Å². The molecule has 0 saturated heterocycles. The Morgan fingerprint density at radius 2 is 1.88 bits per heavy atom. The number of nitrogens with zero attached hydrogens (tertiary/aromatic N) is 4. The Labute approximate surface area is 152 Å². The van der Waals surface area contributed by atoms with Crippen molar-refractivity contribution in [1.29, 1.82) is 0 Å². The highest BCUT2D eigenvalue weighted by Crippen LogP contribution is 2.31. The lowest BCUT2D eigenvalue weighted by Gasteiger charge is -2.15. The highest BCUT2D eigenvalue weighted by molar-refractivity contribution is 6.33. The maximum Gasteiger partial charge on any atom is 0.159 e. The fourth-order valence-corrected chi connectivity index (χ4v) is 3.52. The van der Waals surface area contributed by atoms with E-state index in [4.69, 9.17) is 16.6 Å². The van der Waals surface area contributed by atoms with Crippen molar-refractivity contribution in [2.45, 2.75) is 33.2 Å². The molecule has 1 aliphatic heterocycles. The second-order valence-electron chi connectivity index (χ2n) is 6.58. The Morgan fingerprint density at radius 1 is 1.08 bits per heavy atom. The van der Waals surface area contributed by atoms with E-state index in [1.165, 1.54) is 5.56 Å². The Kier molecular flexibility index (Phi) is 3.92. The average molecular weight is 351 g/mol. The van der Waals surface area contributed by atoms with Crippen molar-refractivity contribution in [2.75, 3.05) is 0 Å². The number of halogens is 1. The Hall–Kier alpha value is -2.46. The zero-order chi connectivity index (χ0) is 17.6. The molecule has 0 amide bonds. The summed E-state index contributed by atoms with van der Waals surface area (Å²) in [5.74, 6) is 2.09. The summed E-state index contributed by atoms with van der Waals surface area (Å²) in [6.07, 6.45) is 0. The molecule has 2 aromatic carbocycles. The molecular weight excluding hydrogens is 332 g/mol. The quantitative estimate of drug-likeness (QED) is 0.672. The van der Waals surface area contributed by atoms with Crippen molar-refractivity contribution in [3.05, 3.63) is 75.8 Å². The fourth-order valence-electron chi connectivity index (χ4n) is 3.26. The van der Waals surface area contributed by atoms with Crippen LogP contribution in [0.5, 0.6) is 0 Å². The van der Waals surface area contributed by atoms with Crippen LogP contribution in [0.3, 0.4) is 0 Å². The van der Waals surface area contributed by atoms with Gasteiger partial charge in [-0.1, -0.05) is 55.8 Å². The molecule has 4 nitrogen and oxygen atoms in total. The topological polar surface area (TPSA) is 43.1 Å². The lowest BCUT2D eigenvalue weighted by Crippen LogP contribution is -2.09. The third-order valence-electron chi connectivity index (χ3n) is 4.56. The number of aryl methyl sites for hydroxylation is 1. The first kappa shape index (κ1) is 16.0. The van der Waals surface area contributed by atoms with Crippen molar-refractivity contribution in [2.24, 2.45) is 4.99 Å². The summed E-state index contributed by atoms with van der Waals surface area (Å²) in [4.78, 5) is 4.87. The van der Waals surface area contributed by atoms with Gasteiger partial charge >= 0.3 is 0 Å². The van der Waals surface area contributed by atoms with Gasteiger partial charge in [-0.05, 0) is 30.5 Å². The van der Waals surface area contributed by atoms with Gasteiger partial charge in [0.05, 0.1) is 16.4 Å². The van der Waals surface area contributed by atoms with Crippen LogP contribution in [0.2, 0.25) is 5.02 Å². The summed E-state index contributed by atoms with van der Waals surface area (Å²) in [7, 11) is 0. The van der Waals surface area contributed by atoms with Gasteiger partial charge in [-0.2, -0.15) is 0 Å². The number of benzene rings is 2. The zero-order valence-corrected chi connectivity index (χ0v) is 15.2. The summed E-state index contributed by atoms with van der Waals surface area (Å²) < 4.78 is 2.01. The van der Waals surface area contributed by atoms with Crippen LogP contribution in [0.4, 0.5) is 0 Å². The van der Waals surface area contributed by atoms with Crippen LogP contribution >= 0.6 is 11.6 Å². The molecule has 0 aliphatic carbocycles. The smallest absolute Gasteiger partial charge is 0.159 e. The van der Waals surface area contributed by atoms with Crippen LogP contribution in [0.25, 0.3) is 5.69 Å². The van der Waals surface area contributed by atoms with Crippen molar-refractivity contribution in [1.82, 2.24) is 14.8 Å². The molecule has 0 atom stereocenters. The fraction of sp³-hybridized carbons (Fsp3) is 0.250. The van der Waals surface area contributed by atoms with E-state index in [9.17, 15) is 0 Å². The predicted octanol–water partition coefficient (Wildman–Crippen LogP) is 4.70. The van der Waals surface area contributed by atoms with Gasteiger partial charge < -0.3 is 0 Å². The molecule has 0 fully saturated rings. The second-order valence-corrected chi connectivity index (χ2v) is 6.99. The lowest BCUT2D eigenvalue weighted by atomic mass is 9.95. The van der Waals surface area contributed by atoms with Crippen LogP contribution < -0.4 is 0 Å². The van der Waals surface area contributed by atoms with Crippen LogP contribution in [0.1, 0.15) is 48.1 Å². The number of aliphatic imine (C=N–C) groups is 1. The summed E-state index contributed by atoms with van der Waals surface area (Å²) in [5, 5.41) is 9.15. The van der Waals surface area contributed by atoms with Gasteiger partial charge in [0.2, 0.25) is 0 Å². The average Bonchev–Trinajstić information content (AvgIpc) is 2.87. The molecular formula is C20H19ClN4. The van der Waals surface area contributed by atoms with E-state index < -0.39 is 0 Å². The first-order valence-corrected chi connectivity index (χ1v) is 8.79. The number of fused-ring (bicyclic) bond motifs is 3. The maximum absolute atomic E-state index is 6.57. The minimum absolute atomic E-state index is 0.465. The van der Waals surface area contributed by atoms with Crippen molar-refractivity contribution in [3.8, 4) is 5.69 Å². The standard InChI is InChI=1S/C20H19ClN4/c1-12(2)14-6-4-7-15(10-14)19-16-8-5-9-17(21)20(16)25-13(3)23-24-18(25)11-22-19/h4-10,12H,11H2,1-3H3. The van der Waals surface area contributed by atoms with E-state index in [1.807, 2.05) is 23.6 Å². The van der Waals surface area contributed by atoms with Crippen LogP contribution in [-0.2, 0) is 6.54 Å². The third-order valence-corrected chi connectivity index (χ3v) is 4.87. The highest BCUT2D eigenvalue weighted by Gasteiger charge is 2.23. The first-order chi connectivity index (χ1) is 12.1. The molecule has 4 rings (SSSR count). The minimum Gasteiger partial charge on any atom is -0.279 e. The van der Waals surface area contributed by atoms with Gasteiger partial charge in [-0.15, -0.1) is 10.2 Å². The molecule has 126 valence electrons. The minimum atomic E-state index is 0.465. The van der Waals surface area contributed by atoms with E-state index >= 15 is 0 Å². The molecule has 0 spiro atoms. The van der Waals surface area contributed by atoms with Crippen molar-refractivity contribution < 1.29 is 0 Å². The molecule has 3 aromatic rings. The van der Waals surface area contributed by atoms with E-state index in [0.717, 1.165) is 34.2 Å². The van der Waals surface area contributed by atoms with Gasteiger partial charge in [-0.3, -0.25) is 9.56 Å². The largest absolute Gasteiger partial charge is 0.279 e. The van der Waals surface area contributed by atoms with Crippen LogP contribution in [0, 0.1) is 6.92 Å². The van der Waals surface area contributed by atoms with Gasteiger partial charge in [0, 0.05) is 11.1 Å². The second kappa shape index (κ2) is 6.12. The molecule has 2 heterocycles. The van der Waals surface area contributed by atoms with Gasteiger partial charge in [0.25, 0.3) is 0 Å². The molecule has 0 unspecified atom stereocenters. The highest BCUT2D eigenvalue weighted by atomic mass is 35.5. The van der Waals surface area contributed by atoms with Crippen LogP contribution in [0.15, 0.2) is 47.5 Å². The van der Waals surface area contributed by atoms with Gasteiger partial charge in [0.15, 0.2) is 5.82 Å². The van der Waals surface area contributed by atoms with E-state index in [1.54, 1.807) is 0 Å². The Bertz CT molecular complexity index is 985. The number of hydrogen-bond acceptors (Lipinski definition) is 3. The summed E-state index contributed by atoms with van der Waals surface area (Å²) in [5.41, 5.74) is 5.27. The molecule has 5 heteroatoms. The number of aromatic nitrogens is 3. The molecule has 0 N–H and O–H groups in total. The first-order valence-electron chi connectivity index (χ1n) is 8.41. The summed E-state index contributed by atoms with van der Waals surface area (Å²) in [6.45, 7) is 6.81. The molecule has 0 radical (unpaired) electrons. The van der Waals surface area contributed by atoms with E-state index in [-0.39, 0.29) is 0 Å². The number of hydrogen-bond donors (Lipinski definition) is 0. The van der Waals surface area contributed by atoms with Gasteiger partial charge in [-0.25, -0.2) is 0 Å². The summed E-state index contributed by atoms with van der Waals surface area (Å²) in [6, 6.07) is 14.5. The van der Waals surface area contributed by atoms with Gasteiger partial charge in [0.1, 0.15) is 12.4 Å². The predicted molar refractivity (Wildman–Crippen MR) is 101 cm³/mol.